The summed E-state index contributed by atoms with van der Waals surface area (Å²) in [5, 5.41) is 0.112. The lowest BCUT2D eigenvalue weighted by Gasteiger charge is -2.35. The summed E-state index contributed by atoms with van der Waals surface area (Å²) in [5.74, 6) is -0.554. The van der Waals surface area contributed by atoms with E-state index in [9.17, 15) is 14.0 Å². The average molecular weight is 406 g/mol. The number of unbranched alkanes of at least 4 members (excludes halogenated alkanes) is 3. The monoisotopic (exact) mass is 405 g/mol. The smallest absolute Gasteiger partial charge is 0.255 e. The van der Waals surface area contributed by atoms with Crippen LogP contribution < -0.4 is 5.73 Å². The normalized spacial score (nSPS) is 14.1. The van der Waals surface area contributed by atoms with Gasteiger partial charge in [-0.15, -0.1) is 12.4 Å². The zero-order chi connectivity index (χ0) is 18.2. The maximum absolute atomic E-state index is 13.1. The number of piperazine rings is 1. The number of halogens is 3. The van der Waals surface area contributed by atoms with E-state index in [1.807, 2.05) is 0 Å². The molecule has 0 atom stereocenters. The topological polar surface area (TPSA) is 66.6 Å². The Kier molecular flexibility index (Phi) is 9.91. The molecule has 146 valence electrons. The van der Waals surface area contributed by atoms with Gasteiger partial charge in [-0.2, -0.15) is 0 Å². The van der Waals surface area contributed by atoms with Crippen molar-refractivity contribution in [1.82, 2.24) is 9.80 Å². The van der Waals surface area contributed by atoms with Crippen molar-refractivity contribution in [3.8, 4) is 0 Å². The molecule has 2 amide bonds. The van der Waals surface area contributed by atoms with E-state index in [2.05, 4.69) is 0 Å². The molecule has 1 fully saturated rings. The highest BCUT2D eigenvalue weighted by Gasteiger charge is 2.25. The summed E-state index contributed by atoms with van der Waals surface area (Å²) in [6.45, 7) is 2.66. The molecule has 1 saturated heterocycles. The van der Waals surface area contributed by atoms with E-state index in [0.29, 0.717) is 44.7 Å². The number of benzene rings is 1. The molecule has 1 aromatic rings. The predicted octanol–water partition coefficient (Wildman–Crippen LogP) is 3.09. The standard InChI is InChI=1S/C18H25ClFN3O2.ClH/c19-16-13-14(20)6-7-15(16)18(25)23-11-9-22(10-12-23)17(24)5-3-1-2-4-8-21;/h6-7,13H,1-5,8-12,21H2;1H. The Balaban J connectivity index is 0.00000338. The number of nitrogens with two attached hydrogens (primary N) is 1. The molecule has 0 aromatic heterocycles. The highest BCUT2D eigenvalue weighted by atomic mass is 35.5. The van der Waals surface area contributed by atoms with Crippen molar-refractivity contribution in [2.24, 2.45) is 5.73 Å². The number of hydrogen-bond donors (Lipinski definition) is 1. The number of nitrogens with zero attached hydrogens (tertiary/aromatic N) is 2. The van der Waals surface area contributed by atoms with Gasteiger partial charge >= 0.3 is 0 Å². The minimum Gasteiger partial charge on any atom is -0.339 e. The van der Waals surface area contributed by atoms with Crippen molar-refractivity contribution in [2.45, 2.75) is 32.1 Å². The van der Waals surface area contributed by atoms with Gasteiger partial charge in [0.15, 0.2) is 0 Å². The predicted molar refractivity (Wildman–Crippen MR) is 103 cm³/mol. The molecule has 0 bridgehead atoms. The molecule has 1 aliphatic heterocycles. The average Bonchev–Trinajstić information content (AvgIpc) is 2.61. The third-order valence-electron chi connectivity index (χ3n) is 4.43. The first-order chi connectivity index (χ1) is 12.0. The highest BCUT2D eigenvalue weighted by molar-refractivity contribution is 6.33. The van der Waals surface area contributed by atoms with Gasteiger partial charge in [0.05, 0.1) is 10.6 Å². The number of amides is 2. The first-order valence-corrected chi connectivity index (χ1v) is 9.13. The van der Waals surface area contributed by atoms with Crippen LogP contribution in [-0.4, -0.2) is 54.3 Å². The van der Waals surface area contributed by atoms with Gasteiger partial charge in [-0.05, 0) is 37.6 Å². The van der Waals surface area contributed by atoms with Crippen molar-refractivity contribution in [3.05, 3.63) is 34.6 Å². The van der Waals surface area contributed by atoms with Gasteiger partial charge in [0.1, 0.15) is 5.82 Å². The number of carbonyl (C=O) groups is 2. The van der Waals surface area contributed by atoms with E-state index >= 15 is 0 Å². The van der Waals surface area contributed by atoms with Gasteiger partial charge < -0.3 is 15.5 Å². The quantitative estimate of drug-likeness (QED) is 0.708. The van der Waals surface area contributed by atoms with Crippen LogP contribution >= 0.6 is 24.0 Å². The zero-order valence-corrected chi connectivity index (χ0v) is 16.3. The molecule has 0 spiro atoms. The van der Waals surface area contributed by atoms with E-state index in [-0.39, 0.29) is 29.2 Å². The zero-order valence-electron chi connectivity index (χ0n) is 14.8. The van der Waals surface area contributed by atoms with E-state index in [0.717, 1.165) is 31.7 Å². The molecule has 0 aliphatic carbocycles. The van der Waals surface area contributed by atoms with Crippen LogP contribution in [0.1, 0.15) is 42.5 Å². The van der Waals surface area contributed by atoms with E-state index < -0.39 is 5.82 Å². The molecular formula is C18H26Cl2FN3O2. The molecule has 0 saturated carbocycles. The van der Waals surface area contributed by atoms with Crippen LogP contribution in [0.25, 0.3) is 0 Å². The molecule has 1 heterocycles. The summed E-state index contributed by atoms with van der Waals surface area (Å²) in [6.07, 6.45) is 4.50. The van der Waals surface area contributed by atoms with Crippen molar-refractivity contribution in [3.63, 3.8) is 0 Å². The minimum absolute atomic E-state index is 0. The maximum atomic E-state index is 13.1. The lowest BCUT2D eigenvalue weighted by Crippen LogP contribution is -2.50. The Morgan fingerprint density at radius 3 is 2.27 bits per heavy atom. The van der Waals surface area contributed by atoms with E-state index in [4.69, 9.17) is 17.3 Å². The summed E-state index contributed by atoms with van der Waals surface area (Å²) >= 11 is 5.96. The van der Waals surface area contributed by atoms with Gasteiger partial charge in [-0.25, -0.2) is 4.39 Å². The number of rotatable bonds is 7. The first-order valence-electron chi connectivity index (χ1n) is 8.75. The largest absolute Gasteiger partial charge is 0.339 e. The van der Waals surface area contributed by atoms with Crippen LogP contribution in [0.3, 0.4) is 0 Å². The van der Waals surface area contributed by atoms with Crippen molar-refractivity contribution >= 4 is 35.8 Å². The Bertz CT molecular complexity index is 608. The summed E-state index contributed by atoms with van der Waals surface area (Å²) < 4.78 is 13.1. The molecule has 5 nitrogen and oxygen atoms in total. The third kappa shape index (κ3) is 6.41. The summed E-state index contributed by atoms with van der Waals surface area (Å²) in [5.41, 5.74) is 5.74. The highest BCUT2D eigenvalue weighted by Crippen LogP contribution is 2.20. The second-order valence-corrected chi connectivity index (χ2v) is 6.66. The Morgan fingerprint density at radius 1 is 1.04 bits per heavy atom. The fourth-order valence-electron chi connectivity index (χ4n) is 2.92. The van der Waals surface area contributed by atoms with Crippen LogP contribution in [0.2, 0.25) is 5.02 Å². The summed E-state index contributed by atoms with van der Waals surface area (Å²) in [7, 11) is 0. The first kappa shape index (κ1) is 22.7. The molecule has 1 aliphatic rings. The van der Waals surface area contributed by atoms with Gasteiger partial charge in [-0.3, -0.25) is 9.59 Å². The van der Waals surface area contributed by atoms with Crippen molar-refractivity contribution < 1.29 is 14.0 Å². The second kappa shape index (κ2) is 11.4. The molecular weight excluding hydrogens is 380 g/mol. The van der Waals surface area contributed by atoms with E-state index in [1.165, 1.54) is 12.1 Å². The molecule has 2 N–H and O–H groups in total. The summed E-state index contributed by atoms with van der Waals surface area (Å²) in [6, 6.07) is 3.77. The minimum atomic E-state index is -0.469. The van der Waals surface area contributed by atoms with Crippen LogP contribution in [-0.2, 0) is 4.79 Å². The Morgan fingerprint density at radius 2 is 1.65 bits per heavy atom. The SMILES string of the molecule is Cl.NCCCCCCC(=O)N1CCN(C(=O)c2ccc(F)cc2Cl)CC1. The van der Waals surface area contributed by atoms with Crippen LogP contribution in [0.15, 0.2) is 18.2 Å². The number of carbonyl (C=O) groups excluding carboxylic acids is 2. The number of hydrogen-bond acceptors (Lipinski definition) is 3. The second-order valence-electron chi connectivity index (χ2n) is 6.25. The molecule has 2 rings (SSSR count). The lowest BCUT2D eigenvalue weighted by molar-refractivity contribution is -0.132. The lowest BCUT2D eigenvalue weighted by atomic mass is 10.1. The fourth-order valence-corrected chi connectivity index (χ4v) is 3.17. The van der Waals surface area contributed by atoms with Crippen LogP contribution in [0, 0.1) is 5.82 Å². The Hall–Kier alpha value is -1.37. The van der Waals surface area contributed by atoms with E-state index in [1.54, 1.807) is 9.80 Å². The van der Waals surface area contributed by atoms with Gasteiger partial charge in [-0.1, -0.05) is 24.4 Å². The van der Waals surface area contributed by atoms with Gasteiger partial charge in [0.25, 0.3) is 5.91 Å². The summed E-state index contributed by atoms with van der Waals surface area (Å²) in [4.78, 5) is 28.2. The van der Waals surface area contributed by atoms with Crippen LogP contribution in [0.4, 0.5) is 4.39 Å². The molecule has 0 radical (unpaired) electrons. The van der Waals surface area contributed by atoms with Crippen molar-refractivity contribution in [1.29, 1.82) is 0 Å². The molecule has 26 heavy (non-hydrogen) atoms. The van der Waals surface area contributed by atoms with Crippen LogP contribution in [0.5, 0.6) is 0 Å². The third-order valence-corrected chi connectivity index (χ3v) is 4.74. The maximum Gasteiger partial charge on any atom is 0.255 e. The fraction of sp³-hybridized carbons (Fsp3) is 0.556. The molecule has 0 unspecified atom stereocenters. The van der Waals surface area contributed by atoms with Gasteiger partial charge in [0, 0.05) is 32.6 Å². The molecule has 8 heteroatoms. The van der Waals surface area contributed by atoms with Crippen molar-refractivity contribution in [2.75, 3.05) is 32.7 Å². The Labute approximate surface area is 165 Å². The molecule has 1 aromatic carbocycles. The van der Waals surface area contributed by atoms with Gasteiger partial charge in [0.2, 0.25) is 5.91 Å².